The zero-order chi connectivity index (χ0) is 14.9. The van der Waals surface area contributed by atoms with Crippen LogP contribution in [0.1, 0.15) is 0 Å². The van der Waals surface area contributed by atoms with E-state index in [2.05, 4.69) is 4.98 Å². The molecule has 1 aromatic carbocycles. The minimum atomic E-state index is -0.925. The largest absolute Gasteiger partial charge is 0.427 e. The Bertz CT molecular complexity index is 697. The first-order valence-corrected chi connectivity index (χ1v) is 5.88. The fourth-order valence-corrected chi connectivity index (χ4v) is 1.77. The highest BCUT2D eigenvalue weighted by Gasteiger charge is 2.22. The summed E-state index contributed by atoms with van der Waals surface area (Å²) in [6.45, 7) is 0. The third-order valence-corrected chi connectivity index (χ3v) is 2.84. The van der Waals surface area contributed by atoms with Crippen LogP contribution in [0.5, 0.6) is 11.6 Å². The zero-order valence-corrected chi connectivity index (χ0v) is 11.2. The van der Waals surface area contributed by atoms with E-state index in [-0.39, 0.29) is 21.7 Å². The van der Waals surface area contributed by atoms with E-state index < -0.39 is 22.2 Å². The number of halogens is 3. The quantitative estimate of drug-likeness (QED) is 0.686. The second kappa shape index (κ2) is 5.48. The number of nitrogens with two attached hydrogens (primary N) is 1. The predicted molar refractivity (Wildman–Crippen MR) is 71.8 cm³/mol. The second-order valence-electron chi connectivity index (χ2n) is 3.59. The summed E-state index contributed by atoms with van der Waals surface area (Å²) in [5, 5.41) is 10.9. The monoisotopic (exact) mass is 317 g/mol. The molecule has 20 heavy (non-hydrogen) atoms. The van der Waals surface area contributed by atoms with E-state index in [4.69, 9.17) is 33.7 Å². The maximum absolute atomic E-state index is 13.7. The van der Waals surface area contributed by atoms with Gasteiger partial charge in [0.25, 0.3) is 0 Å². The molecule has 1 aromatic heterocycles. The number of nitrogens with zero attached hydrogens (tertiary/aromatic N) is 2. The minimum Gasteiger partial charge on any atom is -0.427 e. The van der Waals surface area contributed by atoms with Crippen molar-refractivity contribution in [1.82, 2.24) is 4.98 Å². The van der Waals surface area contributed by atoms with Gasteiger partial charge >= 0.3 is 5.69 Å². The Morgan fingerprint density at radius 3 is 2.70 bits per heavy atom. The van der Waals surface area contributed by atoms with E-state index in [0.29, 0.717) is 0 Å². The van der Waals surface area contributed by atoms with Crippen molar-refractivity contribution in [3.05, 3.63) is 50.2 Å². The molecule has 0 aliphatic rings. The fourth-order valence-electron chi connectivity index (χ4n) is 1.37. The third-order valence-electron chi connectivity index (χ3n) is 2.27. The smallest absolute Gasteiger partial charge is 0.314 e. The Labute approximate surface area is 122 Å². The van der Waals surface area contributed by atoms with Crippen LogP contribution in [0, 0.1) is 15.9 Å². The zero-order valence-electron chi connectivity index (χ0n) is 9.64. The maximum Gasteiger partial charge on any atom is 0.314 e. The van der Waals surface area contributed by atoms with E-state index in [1.165, 1.54) is 12.1 Å². The van der Waals surface area contributed by atoms with Crippen molar-refractivity contribution in [3.63, 3.8) is 0 Å². The second-order valence-corrected chi connectivity index (χ2v) is 4.40. The van der Waals surface area contributed by atoms with Crippen molar-refractivity contribution in [2.24, 2.45) is 0 Å². The molecule has 0 aliphatic carbocycles. The molecule has 0 atom stereocenters. The topological polar surface area (TPSA) is 91.3 Å². The molecule has 0 aliphatic heterocycles. The van der Waals surface area contributed by atoms with Crippen molar-refractivity contribution < 1.29 is 14.1 Å². The summed E-state index contributed by atoms with van der Waals surface area (Å²) in [5.41, 5.74) is 4.91. The van der Waals surface area contributed by atoms with Crippen molar-refractivity contribution in [1.29, 1.82) is 0 Å². The number of anilines is 1. The number of hydrogen-bond acceptors (Lipinski definition) is 5. The molecule has 9 heteroatoms. The molecule has 2 aromatic rings. The van der Waals surface area contributed by atoms with Gasteiger partial charge < -0.3 is 10.5 Å². The van der Waals surface area contributed by atoms with Gasteiger partial charge in [-0.1, -0.05) is 29.3 Å². The van der Waals surface area contributed by atoms with E-state index in [1.807, 2.05) is 0 Å². The number of aromatic nitrogens is 1. The number of nitrogen functional groups attached to an aromatic ring is 1. The average Bonchev–Trinajstić information content (AvgIpc) is 2.37. The maximum atomic E-state index is 13.7. The van der Waals surface area contributed by atoms with Crippen molar-refractivity contribution in [2.45, 2.75) is 0 Å². The number of benzene rings is 1. The Balaban J connectivity index is 2.50. The first kappa shape index (κ1) is 14.3. The predicted octanol–water partition coefficient (Wildman–Crippen LogP) is 3.81. The lowest BCUT2D eigenvalue weighted by molar-refractivity contribution is -0.385. The summed E-state index contributed by atoms with van der Waals surface area (Å²) in [6.07, 6.45) is 0. The number of rotatable bonds is 3. The lowest BCUT2D eigenvalue weighted by Gasteiger charge is -2.09. The minimum absolute atomic E-state index is 0.0539. The molecule has 6 nitrogen and oxygen atoms in total. The molecule has 0 spiro atoms. The average molecular weight is 318 g/mol. The summed E-state index contributed by atoms with van der Waals surface area (Å²) in [5.74, 6) is -1.90. The van der Waals surface area contributed by atoms with Crippen LogP contribution >= 0.6 is 23.2 Å². The molecule has 2 N–H and O–H groups in total. The van der Waals surface area contributed by atoms with Gasteiger partial charge in [-0.3, -0.25) is 10.1 Å². The van der Waals surface area contributed by atoms with Crippen LogP contribution in [0.3, 0.4) is 0 Å². The molecule has 0 bridgehead atoms. The molecule has 0 amide bonds. The van der Waals surface area contributed by atoms with Gasteiger partial charge in [-0.05, 0) is 12.1 Å². The van der Waals surface area contributed by atoms with Gasteiger partial charge in [0.05, 0.1) is 9.95 Å². The molecular weight excluding hydrogens is 312 g/mol. The van der Waals surface area contributed by atoms with Crippen molar-refractivity contribution >= 4 is 34.7 Å². The van der Waals surface area contributed by atoms with Crippen molar-refractivity contribution in [2.75, 3.05) is 5.73 Å². The normalized spacial score (nSPS) is 10.3. The molecule has 2 rings (SSSR count). The first-order valence-electron chi connectivity index (χ1n) is 5.12. The standard InChI is InChI=1S/C11H6Cl2FN3O3/c12-5-4-6(13)11(16-10(5)15)20-9-7(14)2-1-3-8(9)17(18)19/h1-4H,(H2,15,16). The Morgan fingerprint density at radius 2 is 2.05 bits per heavy atom. The molecule has 1 heterocycles. The Kier molecular flexibility index (Phi) is 3.91. The third kappa shape index (κ3) is 2.73. The van der Waals surface area contributed by atoms with E-state index in [1.54, 1.807) is 0 Å². The number of ether oxygens (including phenoxy) is 1. The Hall–Kier alpha value is -2.12. The fraction of sp³-hybridized carbons (Fsp3) is 0. The van der Waals surface area contributed by atoms with Gasteiger partial charge in [0.1, 0.15) is 10.8 Å². The van der Waals surface area contributed by atoms with Crippen LogP contribution in [-0.2, 0) is 0 Å². The highest BCUT2D eigenvalue weighted by Crippen LogP contribution is 2.37. The summed E-state index contributed by atoms with van der Waals surface area (Å²) in [6, 6.07) is 4.53. The molecule has 0 saturated carbocycles. The van der Waals surface area contributed by atoms with Gasteiger partial charge in [-0.15, -0.1) is 0 Å². The van der Waals surface area contributed by atoms with Gasteiger partial charge in [-0.25, -0.2) is 4.39 Å². The molecule has 0 saturated heterocycles. The van der Waals surface area contributed by atoms with Crippen LogP contribution in [0.2, 0.25) is 10.0 Å². The SMILES string of the molecule is Nc1nc(Oc2c(F)cccc2[N+](=O)[O-])c(Cl)cc1Cl. The summed E-state index contributed by atoms with van der Waals surface area (Å²) in [4.78, 5) is 13.8. The number of para-hydroxylation sites is 1. The summed E-state index contributed by atoms with van der Waals surface area (Å²) in [7, 11) is 0. The number of hydrogen-bond donors (Lipinski definition) is 1. The highest BCUT2D eigenvalue weighted by molar-refractivity contribution is 6.36. The van der Waals surface area contributed by atoms with E-state index in [9.17, 15) is 14.5 Å². The molecule has 104 valence electrons. The molecule has 0 radical (unpaired) electrons. The van der Waals surface area contributed by atoms with Gasteiger partial charge in [-0.2, -0.15) is 4.98 Å². The van der Waals surface area contributed by atoms with Crippen molar-refractivity contribution in [3.8, 4) is 11.6 Å². The Morgan fingerprint density at radius 1 is 1.35 bits per heavy atom. The van der Waals surface area contributed by atoms with Gasteiger partial charge in [0, 0.05) is 6.07 Å². The molecular formula is C11H6Cl2FN3O3. The van der Waals surface area contributed by atoms with Crippen LogP contribution in [-0.4, -0.2) is 9.91 Å². The van der Waals surface area contributed by atoms with Gasteiger partial charge in [0.15, 0.2) is 5.82 Å². The lowest BCUT2D eigenvalue weighted by Crippen LogP contribution is -1.99. The van der Waals surface area contributed by atoms with Crippen LogP contribution in [0.4, 0.5) is 15.9 Å². The molecule has 0 unspecified atom stereocenters. The summed E-state index contributed by atoms with van der Waals surface area (Å²) >= 11 is 11.5. The number of nitro benzene ring substituents is 1. The highest BCUT2D eigenvalue weighted by atomic mass is 35.5. The van der Waals surface area contributed by atoms with Gasteiger partial charge in [0.2, 0.25) is 11.6 Å². The lowest BCUT2D eigenvalue weighted by atomic mass is 10.3. The van der Waals surface area contributed by atoms with Crippen LogP contribution < -0.4 is 10.5 Å². The van der Waals surface area contributed by atoms with E-state index in [0.717, 1.165) is 12.1 Å². The first-order chi connectivity index (χ1) is 9.40. The number of pyridine rings is 1. The van der Waals surface area contributed by atoms with Crippen LogP contribution in [0.15, 0.2) is 24.3 Å². The molecule has 0 fully saturated rings. The summed E-state index contributed by atoms with van der Waals surface area (Å²) < 4.78 is 18.7. The van der Waals surface area contributed by atoms with Crippen LogP contribution in [0.25, 0.3) is 0 Å². The van der Waals surface area contributed by atoms with E-state index >= 15 is 0 Å². The number of nitro groups is 1.